The van der Waals surface area contributed by atoms with Crippen molar-refractivity contribution in [2.75, 3.05) is 24.6 Å². The number of ether oxygens (including phenoxy) is 1. The first-order chi connectivity index (χ1) is 7.84. The molecule has 84 valence electrons. The molecule has 0 unspecified atom stereocenters. The van der Waals surface area contributed by atoms with Gasteiger partial charge in [-0.2, -0.15) is 0 Å². The van der Waals surface area contributed by atoms with Crippen LogP contribution in [0.25, 0.3) is 0 Å². The highest BCUT2D eigenvalue weighted by molar-refractivity contribution is 6.02. The molecule has 0 atom stereocenters. The molecule has 1 saturated heterocycles. The Bertz CT molecular complexity index is 422. The van der Waals surface area contributed by atoms with Crippen LogP contribution in [0.4, 0.5) is 5.69 Å². The zero-order valence-corrected chi connectivity index (χ0v) is 9.24. The Kier molecular flexibility index (Phi) is 2.31. The van der Waals surface area contributed by atoms with Crippen LogP contribution in [0, 0.1) is 0 Å². The second-order valence-corrected chi connectivity index (χ2v) is 4.44. The van der Waals surface area contributed by atoms with Gasteiger partial charge in [-0.15, -0.1) is 0 Å². The van der Waals surface area contributed by atoms with Crippen molar-refractivity contribution in [2.45, 2.75) is 19.3 Å². The highest BCUT2D eigenvalue weighted by Crippen LogP contribution is 2.31. The summed E-state index contributed by atoms with van der Waals surface area (Å²) in [5, 5.41) is 0. The molecule has 0 saturated carbocycles. The first-order valence-electron chi connectivity index (χ1n) is 5.89. The number of carbonyl (C=O) groups excluding carboxylic acids is 1. The van der Waals surface area contributed by atoms with E-state index in [0.29, 0.717) is 0 Å². The molecule has 0 aromatic heterocycles. The van der Waals surface area contributed by atoms with Gasteiger partial charge in [0.1, 0.15) is 5.75 Å². The van der Waals surface area contributed by atoms with Gasteiger partial charge in [-0.3, -0.25) is 4.79 Å². The molecule has 0 N–H and O–H groups in total. The summed E-state index contributed by atoms with van der Waals surface area (Å²) in [5.41, 5.74) is 1.92. The molecule has 3 nitrogen and oxygen atoms in total. The van der Waals surface area contributed by atoms with E-state index in [-0.39, 0.29) is 12.4 Å². The molecule has 2 aliphatic heterocycles. The first-order valence-corrected chi connectivity index (χ1v) is 5.89. The van der Waals surface area contributed by atoms with Crippen molar-refractivity contribution in [3.05, 3.63) is 23.8 Å². The molecule has 0 bridgehead atoms. The summed E-state index contributed by atoms with van der Waals surface area (Å²) in [7, 11) is 0. The van der Waals surface area contributed by atoms with Crippen LogP contribution in [-0.4, -0.2) is 25.5 Å². The number of piperidine rings is 1. The Morgan fingerprint density at radius 2 is 1.94 bits per heavy atom. The molecule has 3 heteroatoms. The normalized spacial score (nSPS) is 19.5. The summed E-state index contributed by atoms with van der Waals surface area (Å²) < 4.78 is 5.37. The predicted octanol–water partition coefficient (Wildman–Crippen LogP) is 2.25. The minimum atomic E-state index is 0.0974. The summed E-state index contributed by atoms with van der Waals surface area (Å²) in [6, 6.07) is 5.94. The molecule has 0 radical (unpaired) electrons. The van der Waals surface area contributed by atoms with E-state index >= 15 is 0 Å². The van der Waals surface area contributed by atoms with Gasteiger partial charge in [0.2, 0.25) is 5.78 Å². The predicted molar refractivity (Wildman–Crippen MR) is 62.3 cm³/mol. The average Bonchev–Trinajstić information content (AvgIpc) is 2.72. The molecule has 0 spiro atoms. The monoisotopic (exact) mass is 217 g/mol. The fourth-order valence-corrected chi connectivity index (χ4v) is 2.43. The van der Waals surface area contributed by atoms with E-state index in [4.69, 9.17) is 4.74 Å². The maximum atomic E-state index is 11.4. The minimum Gasteiger partial charge on any atom is -0.485 e. The van der Waals surface area contributed by atoms with Crippen LogP contribution in [0.2, 0.25) is 0 Å². The molecule has 1 aromatic carbocycles. The number of carbonyl (C=O) groups is 1. The number of hydrogen-bond donors (Lipinski definition) is 0. The Morgan fingerprint density at radius 3 is 2.75 bits per heavy atom. The largest absolute Gasteiger partial charge is 0.485 e. The molecular weight excluding hydrogens is 202 g/mol. The van der Waals surface area contributed by atoms with E-state index in [0.717, 1.165) is 24.4 Å². The molecule has 0 aliphatic carbocycles. The van der Waals surface area contributed by atoms with Gasteiger partial charge in [0, 0.05) is 24.8 Å². The fourth-order valence-electron chi connectivity index (χ4n) is 2.43. The lowest BCUT2D eigenvalue weighted by atomic mass is 10.1. The van der Waals surface area contributed by atoms with Crippen molar-refractivity contribution in [3.63, 3.8) is 0 Å². The zero-order valence-electron chi connectivity index (χ0n) is 9.24. The summed E-state index contributed by atoms with van der Waals surface area (Å²) in [4.78, 5) is 13.8. The second-order valence-electron chi connectivity index (χ2n) is 4.44. The van der Waals surface area contributed by atoms with E-state index in [1.165, 1.54) is 24.9 Å². The molecule has 3 rings (SSSR count). The number of fused-ring (bicyclic) bond motifs is 1. The van der Waals surface area contributed by atoms with Gasteiger partial charge >= 0.3 is 0 Å². The lowest BCUT2D eigenvalue weighted by Crippen LogP contribution is -2.29. The van der Waals surface area contributed by atoms with Crippen LogP contribution in [0.3, 0.4) is 0 Å². The van der Waals surface area contributed by atoms with Gasteiger partial charge in [0.15, 0.2) is 6.61 Å². The molecule has 1 fully saturated rings. The lowest BCUT2D eigenvalue weighted by Gasteiger charge is -2.28. The van der Waals surface area contributed by atoms with Gasteiger partial charge in [0.05, 0.1) is 5.56 Å². The lowest BCUT2D eigenvalue weighted by molar-refractivity contribution is 0.0961. The van der Waals surface area contributed by atoms with Crippen molar-refractivity contribution in [1.29, 1.82) is 0 Å². The number of anilines is 1. The average molecular weight is 217 g/mol. The molecular formula is C13H15NO2. The number of benzene rings is 1. The van der Waals surface area contributed by atoms with Crippen LogP contribution in [-0.2, 0) is 0 Å². The van der Waals surface area contributed by atoms with Crippen molar-refractivity contribution in [1.82, 2.24) is 0 Å². The third-order valence-electron chi connectivity index (χ3n) is 3.35. The summed E-state index contributed by atoms with van der Waals surface area (Å²) in [6.45, 7) is 2.44. The van der Waals surface area contributed by atoms with Gasteiger partial charge in [0.25, 0.3) is 0 Å². The Balaban J connectivity index is 1.89. The van der Waals surface area contributed by atoms with Gasteiger partial charge < -0.3 is 9.64 Å². The van der Waals surface area contributed by atoms with Crippen molar-refractivity contribution >= 4 is 11.5 Å². The number of Topliss-reactive ketones (excluding diaryl/α,β-unsaturated/α-hetero) is 1. The standard InChI is InChI=1S/C13H15NO2/c15-12-9-16-13-8-10(4-5-11(12)13)14-6-2-1-3-7-14/h4-5,8H,1-3,6-7,9H2. The number of ketones is 1. The van der Waals surface area contributed by atoms with E-state index in [1.54, 1.807) is 0 Å². The quantitative estimate of drug-likeness (QED) is 0.722. The van der Waals surface area contributed by atoms with Crippen LogP contribution >= 0.6 is 0 Å². The van der Waals surface area contributed by atoms with E-state index in [1.807, 2.05) is 18.2 Å². The first kappa shape index (κ1) is 9.70. The topological polar surface area (TPSA) is 29.5 Å². The highest BCUT2D eigenvalue weighted by Gasteiger charge is 2.22. The van der Waals surface area contributed by atoms with Crippen LogP contribution < -0.4 is 9.64 Å². The number of rotatable bonds is 1. The SMILES string of the molecule is O=C1COc2cc(N3CCCCC3)ccc21. The van der Waals surface area contributed by atoms with Crippen LogP contribution in [0.15, 0.2) is 18.2 Å². The van der Waals surface area contributed by atoms with Crippen molar-refractivity contribution in [2.24, 2.45) is 0 Å². The van der Waals surface area contributed by atoms with E-state index in [9.17, 15) is 4.79 Å². The Labute approximate surface area is 95.0 Å². The van der Waals surface area contributed by atoms with Crippen molar-refractivity contribution < 1.29 is 9.53 Å². The Morgan fingerprint density at radius 1 is 1.12 bits per heavy atom. The number of hydrogen-bond acceptors (Lipinski definition) is 3. The molecule has 2 heterocycles. The maximum Gasteiger partial charge on any atom is 0.203 e. The summed E-state index contributed by atoms with van der Waals surface area (Å²) >= 11 is 0. The molecule has 2 aliphatic rings. The fraction of sp³-hybridized carbons (Fsp3) is 0.462. The van der Waals surface area contributed by atoms with Gasteiger partial charge in [-0.05, 0) is 31.4 Å². The van der Waals surface area contributed by atoms with Gasteiger partial charge in [-0.25, -0.2) is 0 Å². The third kappa shape index (κ3) is 1.56. The van der Waals surface area contributed by atoms with Crippen LogP contribution in [0.1, 0.15) is 29.6 Å². The van der Waals surface area contributed by atoms with E-state index < -0.39 is 0 Å². The number of nitrogens with zero attached hydrogens (tertiary/aromatic N) is 1. The summed E-state index contributed by atoms with van der Waals surface area (Å²) in [5.74, 6) is 0.855. The minimum absolute atomic E-state index is 0.0974. The summed E-state index contributed by atoms with van der Waals surface area (Å²) in [6.07, 6.45) is 3.85. The third-order valence-corrected chi connectivity index (χ3v) is 3.35. The highest BCUT2D eigenvalue weighted by atomic mass is 16.5. The van der Waals surface area contributed by atoms with Crippen molar-refractivity contribution in [3.8, 4) is 5.75 Å². The maximum absolute atomic E-state index is 11.4. The zero-order chi connectivity index (χ0) is 11.0. The molecule has 1 aromatic rings. The van der Waals surface area contributed by atoms with E-state index in [2.05, 4.69) is 4.90 Å². The molecule has 16 heavy (non-hydrogen) atoms. The van der Waals surface area contributed by atoms with Crippen LogP contribution in [0.5, 0.6) is 5.75 Å². The second kappa shape index (κ2) is 3.81. The molecule has 0 amide bonds. The Hall–Kier alpha value is -1.51. The smallest absolute Gasteiger partial charge is 0.203 e. The van der Waals surface area contributed by atoms with Gasteiger partial charge in [-0.1, -0.05) is 0 Å².